The summed E-state index contributed by atoms with van der Waals surface area (Å²) in [7, 11) is 0. The van der Waals surface area contributed by atoms with E-state index in [1.54, 1.807) is 0 Å². The van der Waals surface area contributed by atoms with E-state index in [9.17, 15) is 0 Å². The summed E-state index contributed by atoms with van der Waals surface area (Å²) in [4.78, 5) is 0. The molecule has 5 heteroatoms. The van der Waals surface area contributed by atoms with Crippen LogP contribution in [0.1, 0.15) is 26.5 Å². The van der Waals surface area contributed by atoms with E-state index < -0.39 is 0 Å². The molecule has 0 saturated carbocycles. The van der Waals surface area contributed by atoms with Crippen LogP contribution in [-0.4, -0.2) is 20.0 Å². The van der Waals surface area contributed by atoms with Gasteiger partial charge in [-0.1, -0.05) is 20.8 Å². The Morgan fingerprint density at radius 1 is 1.44 bits per heavy atom. The molecule has 0 spiro atoms. The Morgan fingerprint density at radius 3 is 2.69 bits per heavy atom. The molecule has 0 fully saturated rings. The highest BCUT2D eigenvalue weighted by atomic mass is 15.3. The van der Waals surface area contributed by atoms with Crippen LogP contribution in [0.3, 0.4) is 0 Å². The van der Waals surface area contributed by atoms with Crippen LogP contribution in [0.25, 0.3) is 5.65 Å². The van der Waals surface area contributed by atoms with Crippen LogP contribution in [0.15, 0.2) is 18.5 Å². The summed E-state index contributed by atoms with van der Waals surface area (Å²) in [6.45, 7) is 6.80. The number of amidine groups is 1. The number of aromatic nitrogens is 3. The molecule has 0 aromatic carbocycles. The Balaban J connectivity index is 2.47. The Hall–Kier alpha value is -1.78. The Kier molecular flexibility index (Phi) is 2.26. The maximum absolute atomic E-state index is 7.30. The number of imidazole rings is 1. The highest BCUT2D eigenvalue weighted by molar-refractivity contribution is 5.77. The second-order valence-electron chi connectivity index (χ2n) is 5.03. The van der Waals surface area contributed by atoms with E-state index in [1.165, 1.54) is 0 Å². The van der Waals surface area contributed by atoms with E-state index in [-0.39, 0.29) is 11.3 Å². The van der Waals surface area contributed by atoms with Gasteiger partial charge in [-0.15, -0.1) is 0 Å². The van der Waals surface area contributed by atoms with Gasteiger partial charge < -0.3 is 10.3 Å². The van der Waals surface area contributed by atoms with Crippen LogP contribution in [0.4, 0.5) is 0 Å². The van der Waals surface area contributed by atoms with Crippen molar-refractivity contribution >= 4 is 11.5 Å². The van der Waals surface area contributed by atoms with Gasteiger partial charge in [-0.05, 0) is 0 Å². The highest BCUT2D eigenvalue weighted by Crippen LogP contribution is 2.22. The number of nitrogens with two attached hydrogens (primary N) is 1. The zero-order valence-electron chi connectivity index (χ0n) is 9.86. The fourth-order valence-electron chi connectivity index (χ4n) is 1.61. The Labute approximate surface area is 94.4 Å². The molecule has 5 nitrogen and oxygen atoms in total. The summed E-state index contributed by atoms with van der Waals surface area (Å²) < 4.78 is 3.74. The van der Waals surface area contributed by atoms with Crippen molar-refractivity contribution in [3.05, 3.63) is 24.2 Å². The third-order valence-electron chi connectivity index (χ3n) is 2.51. The first kappa shape index (κ1) is 10.7. The second-order valence-corrected chi connectivity index (χ2v) is 5.03. The van der Waals surface area contributed by atoms with Crippen molar-refractivity contribution in [2.75, 3.05) is 0 Å². The van der Waals surface area contributed by atoms with Crippen molar-refractivity contribution in [2.24, 2.45) is 5.73 Å². The van der Waals surface area contributed by atoms with E-state index in [2.05, 4.69) is 25.9 Å². The van der Waals surface area contributed by atoms with Crippen LogP contribution >= 0.6 is 0 Å². The van der Waals surface area contributed by atoms with Crippen molar-refractivity contribution in [3.8, 4) is 0 Å². The second kappa shape index (κ2) is 3.37. The van der Waals surface area contributed by atoms with Gasteiger partial charge in [-0.2, -0.15) is 5.10 Å². The average Bonchev–Trinajstić information content (AvgIpc) is 2.64. The highest BCUT2D eigenvalue weighted by Gasteiger charge is 2.18. The third kappa shape index (κ3) is 1.80. The molecule has 0 aliphatic carbocycles. The molecule has 2 heterocycles. The van der Waals surface area contributed by atoms with Crippen molar-refractivity contribution < 1.29 is 0 Å². The summed E-state index contributed by atoms with van der Waals surface area (Å²) in [6.07, 6.45) is 3.77. The number of hydrogen-bond donors (Lipinski definition) is 2. The monoisotopic (exact) mass is 219 g/mol. The maximum atomic E-state index is 7.30. The van der Waals surface area contributed by atoms with Gasteiger partial charge in [0, 0.05) is 23.9 Å². The summed E-state index contributed by atoms with van der Waals surface area (Å²) in [5.74, 6) is 0.150. The lowest BCUT2D eigenvalue weighted by molar-refractivity contribution is 0.563. The van der Waals surface area contributed by atoms with Crippen LogP contribution in [-0.2, 0) is 12.0 Å². The Bertz CT molecular complexity index is 526. The SMILES string of the molecule is CC(C)(C)c1cc2n(CC(=N)N)ccn2n1. The molecule has 0 bridgehead atoms. The molecule has 2 aromatic heterocycles. The summed E-state index contributed by atoms with van der Waals surface area (Å²) in [5.41, 5.74) is 7.45. The topological polar surface area (TPSA) is 72.1 Å². The summed E-state index contributed by atoms with van der Waals surface area (Å²) in [5, 5.41) is 11.8. The molecule has 0 unspecified atom stereocenters. The smallest absolute Gasteiger partial charge is 0.136 e. The van der Waals surface area contributed by atoms with Crippen LogP contribution in [0.5, 0.6) is 0 Å². The zero-order chi connectivity index (χ0) is 11.9. The number of rotatable bonds is 2. The lowest BCUT2D eigenvalue weighted by atomic mass is 9.93. The molecule has 0 aliphatic heterocycles. The van der Waals surface area contributed by atoms with Crippen molar-refractivity contribution in [3.63, 3.8) is 0 Å². The number of fused-ring (bicyclic) bond motifs is 1. The van der Waals surface area contributed by atoms with E-state index in [0.29, 0.717) is 6.54 Å². The number of hydrogen-bond acceptors (Lipinski definition) is 2. The molecule has 0 saturated heterocycles. The molecule has 16 heavy (non-hydrogen) atoms. The lowest BCUT2D eigenvalue weighted by Crippen LogP contribution is -2.17. The zero-order valence-corrected chi connectivity index (χ0v) is 9.86. The van der Waals surface area contributed by atoms with Gasteiger partial charge in [0.1, 0.15) is 11.5 Å². The van der Waals surface area contributed by atoms with Gasteiger partial charge in [0.15, 0.2) is 0 Å². The van der Waals surface area contributed by atoms with Crippen LogP contribution < -0.4 is 5.73 Å². The first-order valence-electron chi connectivity index (χ1n) is 5.26. The lowest BCUT2D eigenvalue weighted by Gasteiger charge is -2.13. The summed E-state index contributed by atoms with van der Waals surface area (Å²) >= 11 is 0. The van der Waals surface area contributed by atoms with E-state index in [4.69, 9.17) is 11.1 Å². The molecule has 0 amide bonds. The molecule has 2 rings (SSSR count). The van der Waals surface area contributed by atoms with Crippen LogP contribution in [0, 0.1) is 5.41 Å². The predicted octanol–water partition coefficient (Wildman–Crippen LogP) is 1.37. The van der Waals surface area contributed by atoms with Crippen molar-refractivity contribution in [1.82, 2.24) is 14.2 Å². The molecule has 3 N–H and O–H groups in total. The van der Waals surface area contributed by atoms with Gasteiger partial charge in [0.2, 0.25) is 0 Å². The van der Waals surface area contributed by atoms with Crippen LogP contribution in [0.2, 0.25) is 0 Å². The molecule has 0 radical (unpaired) electrons. The van der Waals surface area contributed by atoms with Gasteiger partial charge in [0.25, 0.3) is 0 Å². The Morgan fingerprint density at radius 2 is 2.12 bits per heavy atom. The van der Waals surface area contributed by atoms with E-state index in [1.807, 2.05) is 27.5 Å². The standard InChI is InChI=1S/C11H17N5/c1-11(2,3)8-6-10-15(7-9(12)13)4-5-16(10)14-8/h4-6H,7H2,1-3H3,(H3,12,13). The predicted molar refractivity (Wildman–Crippen MR) is 63.8 cm³/mol. The molecule has 2 aromatic rings. The normalized spacial score (nSPS) is 12.2. The molecular formula is C11H17N5. The molecular weight excluding hydrogens is 202 g/mol. The van der Waals surface area contributed by atoms with E-state index >= 15 is 0 Å². The average molecular weight is 219 g/mol. The molecule has 86 valence electrons. The third-order valence-corrected chi connectivity index (χ3v) is 2.51. The maximum Gasteiger partial charge on any atom is 0.136 e. The number of nitrogens with zero attached hydrogens (tertiary/aromatic N) is 3. The first-order chi connectivity index (χ1) is 7.38. The quantitative estimate of drug-likeness (QED) is 0.591. The summed E-state index contributed by atoms with van der Waals surface area (Å²) in [6, 6.07) is 2.04. The number of nitrogens with one attached hydrogen (secondary N) is 1. The van der Waals surface area contributed by atoms with Crippen molar-refractivity contribution in [2.45, 2.75) is 32.7 Å². The molecule has 0 aliphatic rings. The minimum Gasteiger partial charge on any atom is -0.386 e. The van der Waals surface area contributed by atoms with Crippen molar-refractivity contribution in [1.29, 1.82) is 5.41 Å². The fraction of sp³-hybridized carbons (Fsp3) is 0.455. The van der Waals surface area contributed by atoms with Gasteiger partial charge in [-0.25, -0.2) is 4.52 Å². The van der Waals surface area contributed by atoms with Gasteiger partial charge >= 0.3 is 0 Å². The fourth-order valence-corrected chi connectivity index (χ4v) is 1.61. The van der Waals surface area contributed by atoms with Gasteiger partial charge in [0.05, 0.1) is 12.2 Å². The molecule has 0 atom stereocenters. The first-order valence-corrected chi connectivity index (χ1v) is 5.26. The minimum absolute atomic E-state index is 0.0348. The minimum atomic E-state index is 0.0348. The van der Waals surface area contributed by atoms with Gasteiger partial charge in [-0.3, -0.25) is 5.41 Å². The largest absolute Gasteiger partial charge is 0.386 e. The van der Waals surface area contributed by atoms with E-state index in [0.717, 1.165) is 11.3 Å².